The lowest BCUT2D eigenvalue weighted by Crippen LogP contribution is -2.65. The van der Waals surface area contributed by atoms with Crippen LogP contribution in [0.5, 0.6) is 0 Å². The molecular formula is C31H36FN3O3. The second-order valence-electron chi connectivity index (χ2n) is 11.4. The number of alkyl halides is 1. The van der Waals surface area contributed by atoms with Crippen molar-refractivity contribution in [3.63, 3.8) is 0 Å². The van der Waals surface area contributed by atoms with Gasteiger partial charge in [0.25, 0.3) is 0 Å². The molecule has 3 aliphatic rings. The van der Waals surface area contributed by atoms with Gasteiger partial charge in [-0.05, 0) is 74.3 Å². The normalized spacial score (nSPS) is 20.7. The van der Waals surface area contributed by atoms with Gasteiger partial charge in [-0.3, -0.25) is 4.79 Å². The van der Waals surface area contributed by atoms with E-state index in [-0.39, 0.29) is 17.8 Å². The minimum absolute atomic E-state index is 0.187. The number of ketones is 1. The highest BCUT2D eigenvalue weighted by Gasteiger charge is 2.56. The van der Waals surface area contributed by atoms with E-state index in [1.165, 1.54) is 11.3 Å². The molecule has 0 N–H and O–H groups in total. The van der Waals surface area contributed by atoms with Crippen LogP contribution in [0.2, 0.25) is 0 Å². The minimum Gasteiger partial charge on any atom is -0.450 e. The van der Waals surface area contributed by atoms with E-state index in [0.717, 1.165) is 53.5 Å². The predicted octanol–water partition coefficient (Wildman–Crippen LogP) is 5.57. The Hall–Kier alpha value is -3.22. The monoisotopic (exact) mass is 517 g/mol. The molecule has 0 saturated carbocycles. The van der Waals surface area contributed by atoms with Crippen LogP contribution >= 0.6 is 0 Å². The van der Waals surface area contributed by atoms with Crippen LogP contribution < -0.4 is 0 Å². The van der Waals surface area contributed by atoms with E-state index in [4.69, 9.17) is 9.72 Å². The smallest absolute Gasteiger partial charge is 0.409 e. The maximum absolute atomic E-state index is 14.3. The summed E-state index contributed by atoms with van der Waals surface area (Å²) in [5.74, 6) is 0.735. The number of fused-ring (bicyclic) bond motifs is 3. The van der Waals surface area contributed by atoms with Crippen LogP contribution in [-0.2, 0) is 41.8 Å². The van der Waals surface area contributed by atoms with Gasteiger partial charge in [0.15, 0.2) is 5.78 Å². The minimum atomic E-state index is -0.889. The molecule has 2 aliphatic carbocycles. The number of carbonyl (C=O) groups excluding carboxylic acids is 2. The first-order valence-electron chi connectivity index (χ1n) is 14.1. The molecule has 3 aromatic rings. The number of benzene rings is 2. The molecule has 1 amide bonds. The Labute approximate surface area is 223 Å². The maximum Gasteiger partial charge on any atom is 0.409 e. The van der Waals surface area contributed by atoms with E-state index in [1.54, 1.807) is 18.7 Å². The fraction of sp³-hybridized carbons (Fsp3) is 0.516. The van der Waals surface area contributed by atoms with Gasteiger partial charge >= 0.3 is 6.09 Å². The molecule has 1 aromatic heterocycles. The summed E-state index contributed by atoms with van der Waals surface area (Å²) in [7, 11) is 0. The number of ether oxygens (including phenoxy) is 1. The first-order chi connectivity index (χ1) is 18.4. The summed E-state index contributed by atoms with van der Waals surface area (Å²) >= 11 is 0. The number of carbonyl (C=O) groups is 2. The van der Waals surface area contributed by atoms with Gasteiger partial charge in [0.2, 0.25) is 0 Å². The van der Waals surface area contributed by atoms with Crippen LogP contribution in [0.15, 0.2) is 36.4 Å². The van der Waals surface area contributed by atoms with Crippen LogP contribution in [0, 0.1) is 5.41 Å². The molecule has 2 unspecified atom stereocenters. The number of halogens is 1. The van der Waals surface area contributed by atoms with Crippen molar-refractivity contribution in [2.75, 3.05) is 19.7 Å². The van der Waals surface area contributed by atoms with Crippen LogP contribution in [0.25, 0.3) is 10.8 Å². The average Bonchev–Trinajstić information content (AvgIpc) is 3.23. The highest BCUT2D eigenvalue weighted by Crippen LogP contribution is 2.47. The molecule has 6 rings (SSSR count). The summed E-state index contributed by atoms with van der Waals surface area (Å²) < 4.78 is 21.3. The standard InChI is InChI=1S/C31H36FN3O3/c1-3-38-30(37)34-18-31(19-34)17-23-14-21-8-4-5-9-22(21)15-24(23)25(29(31)36)16-28-33-26-10-6-7-11-27(26)35(28)13-12-20(2)32/h4-5,8-9,14-15,20,25H,3,6-7,10-13,16-19H2,1-2H3. The van der Waals surface area contributed by atoms with Crippen molar-refractivity contribution in [1.29, 1.82) is 0 Å². The number of nitrogens with zero attached hydrogens (tertiary/aromatic N) is 3. The van der Waals surface area contributed by atoms with Crippen LogP contribution in [0.1, 0.15) is 67.4 Å². The Morgan fingerprint density at radius 3 is 2.66 bits per heavy atom. The van der Waals surface area contributed by atoms with E-state index in [1.807, 2.05) is 12.1 Å². The molecule has 0 radical (unpaired) electrons. The zero-order chi connectivity index (χ0) is 26.4. The van der Waals surface area contributed by atoms with Crippen LogP contribution in [0.3, 0.4) is 0 Å². The summed E-state index contributed by atoms with van der Waals surface area (Å²) in [6, 6.07) is 12.7. The number of imidazole rings is 1. The van der Waals surface area contributed by atoms with Crippen molar-refractivity contribution >= 4 is 22.6 Å². The van der Waals surface area contributed by atoms with E-state index in [9.17, 15) is 14.0 Å². The number of likely N-dealkylation sites (tertiary alicyclic amines) is 1. The Morgan fingerprint density at radius 1 is 1.18 bits per heavy atom. The third-order valence-corrected chi connectivity index (χ3v) is 8.71. The zero-order valence-corrected chi connectivity index (χ0v) is 22.3. The van der Waals surface area contributed by atoms with Crippen molar-refractivity contribution < 1.29 is 18.7 Å². The molecule has 1 saturated heterocycles. The van der Waals surface area contributed by atoms with Gasteiger partial charge in [-0.15, -0.1) is 0 Å². The van der Waals surface area contributed by atoms with Crippen molar-refractivity contribution in [3.05, 3.63) is 64.7 Å². The van der Waals surface area contributed by atoms with E-state index >= 15 is 0 Å². The summed E-state index contributed by atoms with van der Waals surface area (Å²) in [4.78, 5) is 33.4. The predicted molar refractivity (Wildman–Crippen MR) is 144 cm³/mol. The van der Waals surface area contributed by atoms with Gasteiger partial charge in [-0.25, -0.2) is 14.2 Å². The van der Waals surface area contributed by atoms with Crippen molar-refractivity contribution in [2.45, 2.75) is 77.4 Å². The second-order valence-corrected chi connectivity index (χ2v) is 11.4. The fourth-order valence-electron chi connectivity index (χ4n) is 6.81. The average molecular weight is 518 g/mol. The molecular weight excluding hydrogens is 481 g/mol. The molecule has 38 heavy (non-hydrogen) atoms. The van der Waals surface area contributed by atoms with Gasteiger partial charge < -0.3 is 14.2 Å². The maximum atomic E-state index is 14.3. The number of aromatic nitrogens is 2. The van der Waals surface area contributed by atoms with Gasteiger partial charge in [0.1, 0.15) is 5.82 Å². The number of Topliss-reactive ketones (excluding diaryl/α,β-unsaturated/α-hetero) is 1. The summed E-state index contributed by atoms with van der Waals surface area (Å²) in [5, 5.41) is 2.28. The van der Waals surface area contributed by atoms with Gasteiger partial charge in [-0.2, -0.15) is 0 Å². The number of hydrogen-bond donors (Lipinski definition) is 0. The lowest BCUT2D eigenvalue weighted by molar-refractivity contribution is -0.140. The Balaban J connectivity index is 1.39. The van der Waals surface area contributed by atoms with Gasteiger partial charge in [0.05, 0.1) is 29.8 Å². The first-order valence-corrected chi connectivity index (χ1v) is 14.1. The summed E-state index contributed by atoms with van der Waals surface area (Å²) in [6.07, 6.45) is 4.46. The second kappa shape index (κ2) is 9.83. The molecule has 1 aliphatic heterocycles. The largest absolute Gasteiger partial charge is 0.450 e. The quantitative estimate of drug-likeness (QED) is 0.429. The van der Waals surface area contributed by atoms with Crippen molar-refractivity contribution in [1.82, 2.24) is 14.5 Å². The molecule has 2 aromatic carbocycles. The Bertz CT molecular complexity index is 1390. The lowest BCUT2D eigenvalue weighted by atomic mass is 9.61. The first kappa shape index (κ1) is 25.1. The molecule has 200 valence electrons. The highest BCUT2D eigenvalue weighted by atomic mass is 19.1. The number of hydrogen-bond acceptors (Lipinski definition) is 4. The number of rotatable bonds is 6. The topological polar surface area (TPSA) is 64.4 Å². The van der Waals surface area contributed by atoms with E-state index in [0.29, 0.717) is 45.5 Å². The molecule has 0 bridgehead atoms. The highest BCUT2D eigenvalue weighted by molar-refractivity contribution is 5.98. The number of aryl methyl sites for hydroxylation is 1. The molecule has 2 heterocycles. The van der Waals surface area contributed by atoms with E-state index < -0.39 is 11.6 Å². The lowest BCUT2D eigenvalue weighted by Gasteiger charge is -2.52. The molecule has 2 atom stereocenters. The third-order valence-electron chi connectivity index (χ3n) is 8.71. The number of amides is 1. The van der Waals surface area contributed by atoms with Crippen LogP contribution in [-0.4, -0.2) is 52.2 Å². The molecule has 1 spiro atoms. The van der Waals surface area contributed by atoms with Crippen LogP contribution in [0.4, 0.5) is 9.18 Å². The van der Waals surface area contributed by atoms with Crippen molar-refractivity contribution in [2.24, 2.45) is 5.41 Å². The fourth-order valence-corrected chi connectivity index (χ4v) is 6.81. The van der Waals surface area contributed by atoms with E-state index in [2.05, 4.69) is 28.8 Å². The zero-order valence-electron chi connectivity index (χ0n) is 22.3. The summed E-state index contributed by atoms with van der Waals surface area (Å²) in [5.41, 5.74) is 3.99. The molecule has 6 nitrogen and oxygen atoms in total. The Kier molecular flexibility index (Phi) is 6.48. The SMILES string of the molecule is CCOC(=O)N1CC2(Cc3cc4ccccc4cc3C(Cc3nc4c(n3CCC(C)F)CCCC4)C2=O)C1. The van der Waals surface area contributed by atoms with Gasteiger partial charge in [-0.1, -0.05) is 36.4 Å². The van der Waals surface area contributed by atoms with Crippen molar-refractivity contribution in [3.8, 4) is 0 Å². The molecule has 1 fully saturated rings. The molecule has 7 heteroatoms. The summed E-state index contributed by atoms with van der Waals surface area (Å²) in [6.45, 7) is 5.07. The third kappa shape index (κ3) is 4.30. The van der Waals surface area contributed by atoms with Gasteiger partial charge in [0, 0.05) is 31.7 Å². The Morgan fingerprint density at radius 2 is 1.92 bits per heavy atom.